The van der Waals surface area contributed by atoms with Gasteiger partial charge in [-0.1, -0.05) is 13.0 Å². The molecule has 1 fully saturated rings. The van der Waals surface area contributed by atoms with Crippen LogP contribution in [0, 0.1) is 19.3 Å². The van der Waals surface area contributed by atoms with E-state index < -0.39 is 10.0 Å². The van der Waals surface area contributed by atoms with Crippen LogP contribution in [0.2, 0.25) is 0 Å². The van der Waals surface area contributed by atoms with Crippen molar-refractivity contribution in [2.24, 2.45) is 11.1 Å². The molecule has 1 aromatic carbocycles. The highest BCUT2D eigenvalue weighted by Crippen LogP contribution is 2.28. The van der Waals surface area contributed by atoms with E-state index in [1.807, 2.05) is 13.8 Å². The van der Waals surface area contributed by atoms with Gasteiger partial charge in [-0.2, -0.15) is 0 Å². The highest BCUT2D eigenvalue weighted by Gasteiger charge is 2.34. The number of nitrogens with zero attached hydrogens (tertiary/aromatic N) is 1. The normalized spacial score (nSPS) is 21.2. The predicted octanol–water partition coefficient (Wildman–Crippen LogP) is 1.17. The fourth-order valence-electron chi connectivity index (χ4n) is 2.82. The molecule has 1 amide bonds. The van der Waals surface area contributed by atoms with E-state index >= 15 is 0 Å². The van der Waals surface area contributed by atoms with E-state index in [1.54, 1.807) is 23.1 Å². The molecule has 0 radical (unpaired) electrons. The summed E-state index contributed by atoms with van der Waals surface area (Å²) in [5, 5.41) is 0. The van der Waals surface area contributed by atoms with Gasteiger partial charge in [0.25, 0.3) is 0 Å². The molecule has 1 heterocycles. The fraction of sp³-hybridized carbons (Fsp3) is 0.588. The molecule has 3 N–H and O–H groups in total. The molecule has 0 aliphatic carbocycles. The summed E-state index contributed by atoms with van der Waals surface area (Å²) >= 11 is 0. The van der Waals surface area contributed by atoms with Gasteiger partial charge < -0.3 is 10.6 Å². The average molecular weight is 353 g/mol. The van der Waals surface area contributed by atoms with Gasteiger partial charge in [0.2, 0.25) is 15.9 Å². The predicted molar refractivity (Wildman–Crippen MR) is 94.1 cm³/mol. The van der Waals surface area contributed by atoms with Crippen LogP contribution < -0.4 is 10.5 Å². The summed E-state index contributed by atoms with van der Waals surface area (Å²) < 4.78 is 27.1. The number of aryl methyl sites for hydroxylation is 2. The molecular formula is C17H27N3O3S. The van der Waals surface area contributed by atoms with E-state index in [4.69, 9.17) is 5.73 Å². The molecule has 0 bridgehead atoms. The van der Waals surface area contributed by atoms with Crippen LogP contribution in [-0.2, 0) is 14.8 Å². The monoisotopic (exact) mass is 353 g/mol. The second kappa shape index (κ2) is 7.21. The Morgan fingerprint density at radius 1 is 1.33 bits per heavy atom. The third-order valence-corrected chi connectivity index (χ3v) is 6.28. The maximum Gasteiger partial charge on any atom is 0.240 e. The van der Waals surface area contributed by atoms with Crippen LogP contribution in [0.25, 0.3) is 0 Å². The van der Waals surface area contributed by atoms with E-state index in [-0.39, 0.29) is 29.2 Å². The van der Waals surface area contributed by atoms with Crippen LogP contribution in [-0.4, -0.2) is 45.4 Å². The topological polar surface area (TPSA) is 92.5 Å². The molecule has 134 valence electrons. The first-order valence-electron chi connectivity index (χ1n) is 8.22. The molecule has 7 heteroatoms. The van der Waals surface area contributed by atoms with Gasteiger partial charge >= 0.3 is 0 Å². The van der Waals surface area contributed by atoms with Crippen LogP contribution in [0.1, 0.15) is 30.9 Å². The zero-order chi connectivity index (χ0) is 18.0. The first-order valence-corrected chi connectivity index (χ1v) is 9.70. The minimum absolute atomic E-state index is 0.0193. The zero-order valence-corrected chi connectivity index (χ0v) is 15.4. The van der Waals surface area contributed by atoms with Gasteiger partial charge in [0.15, 0.2) is 0 Å². The summed E-state index contributed by atoms with van der Waals surface area (Å²) in [5.41, 5.74) is 7.69. The van der Waals surface area contributed by atoms with Crippen molar-refractivity contribution < 1.29 is 13.2 Å². The van der Waals surface area contributed by atoms with Crippen LogP contribution in [0.3, 0.4) is 0 Å². The average Bonchev–Trinajstić information content (AvgIpc) is 2.93. The maximum absolute atomic E-state index is 12.3. The molecule has 1 aromatic rings. The number of nitrogens with one attached hydrogen (secondary N) is 1. The molecule has 1 atom stereocenters. The first kappa shape index (κ1) is 18.9. The number of sulfonamides is 1. The Labute approximate surface area is 144 Å². The van der Waals surface area contributed by atoms with Crippen LogP contribution >= 0.6 is 0 Å². The molecule has 1 unspecified atom stereocenters. The number of likely N-dealkylation sites (tertiary alicyclic amines) is 1. The molecule has 1 aliphatic rings. The number of rotatable bonds is 6. The van der Waals surface area contributed by atoms with Crippen molar-refractivity contribution in [1.82, 2.24) is 9.62 Å². The number of benzene rings is 1. The van der Waals surface area contributed by atoms with Gasteiger partial charge in [0.1, 0.15) is 0 Å². The standard InChI is InChI=1S/C17H27N3O3S/c1-13-4-5-15(10-14(13)2)24(22,23)19-8-6-16(21)20-9-7-17(3,11-18)12-20/h4-5,10,19H,6-9,11-12,18H2,1-3H3. The first-order chi connectivity index (χ1) is 11.2. The lowest BCUT2D eigenvalue weighted by atomic mass is 9.90. The molecule has 0 aromatic heterocycles. The maximum atomic E-state index is 12.3. The molecule has 0 saturated carbocycles. The quantitative estimate of drug-likeness (QED) is 0.803. The number of carbonyl (C=O) groups excluding carboxylic acids is 1. The van der Waals surface area contributed by atoms with Crippen molar-refractivity contribution >= 4 is 15.9 Å². The van der Waals surface area contributed by atoms with E-state index in [2.05, 4.69) is 11.6 Å². The Morgan fingerprint density at radius 2 is 2.04 bits per heavy atom. The molecule has 0 spiro atoms. The van der Waals surface area contributed by atoms with Crippen LogP contribution in [0.5, 0.6) is 0 Å². The molecule has 24 heavy (non-hydrogen) atoms. The summed E-state index contributed by atoms with van der Waals surface area (Å²) in [6, 6.07) is 5.01. The number of hydrogen-bond donors (Lipinski definition) is 2. The Hall–Kier alpha value is -1.44. The number of nitrogens with two attached hydrogens (primary N) is 1. The van der Waals surface area contributed by atoms with E-state index in [1.165, 1.54) is 0 Å². The SMILES string of the molecule is Cc1ccc(S(=O)(=O)NCCC(=O)N2CCC(C)(CN)C2)cc1C. The number of carbonyl (C=O) groups is 1. The van der Waals surface area contributed by atoms with E-state index in [0.29, 0.717) is 19.6 Å². The molecule has 2 rings (SSSR count). The summed E-state index contributed by atoms with van der Waals surface area (Å²) in [5.74, 6) is -0.0324. The fourth-order valence-corrected chi connectivity index (χ4v) is 3.93. The molecule has 1 saturated heterocycles. The summed E-state index contributed by atoms with van der Waals surface area (Å²) in [6.07, 6.45) is 1.05. The summed E-state index contributed by atoms with van der Waals surface area (Å²) in [7, 11) is -3.59. The molecule has 6 nitrogen and oxygen atoms in total. The van der Waals surface area contributed by atoms with Gasteiger partial charge in [-0.15, -0.1) is 0 Å². The Morgan fingerprint density at radius 3 is 2.62 bits per heavy atom. The van der Waals surface area contributed by atoms with Crippen molar-refractivity contribution in [1.29, 1.82) is 0 Å². The Kier molecular flexibility index (Phi) is 5.67. The van der Waals surface area contributed by atoms with Crippen molar-refractivity contribution in [3.05, 3.63) is 29.3 Å². The molecular weight excluding hydrogens is 326 g/mol. The Balaban J connectivity index is 1.89. The van der Waals surface area contributed by atoms with Crippen LogP contribution in [0.15, 0.2) is 23.1 Å². The van der Waals surface area contributed by atoms with Gasteiger partial charge in [-0.25, -0.2) is 13.1 Å². The molecule has 1 aliphatic heterocycles. The summed E-state index contributed by atoms with van der Waals surface area (Å²) in [4.78, 5) is 14.2. The lowest BCUT2D eigenvalue weighted by Crippen LogP contribution is -2.36. The zero-order valence-electron chi connectivity index (χ0n) is 14.6. The van der Waals surface area contributed by atoms with Gasteiger partial charge in [0, 0.05) is 26.1 Å². The second-order valence-corrected chi connectivity index (χ2v) is 8.74. The highest BCUT2D eigenvalue weighted by molar-refractivity contribution is 7.89. The van der Waals surface area contributed by atoms with E-state index in [9.17, 15) is 13.2 Å². The number of hydrogen-bond acceptors (Lipinski definition) is 4. The second-order valence-electron chi connectivity index (χ2n) is 6.97. The van der Waals surface area contributed by atoms with E-state index in [0.717, 1.165) is 17.5 Å². The van der Waals surface area contributed by atoms with Crippen molar-refractivity contribution in [3.63, 3.8) is 0 Å². The smallest absolute Gasteiger partial charge is 0.240 e. The lowest BCUT2D eigenvalue weighted by Gasteiger charge is -2.22. The van der Waals surface area contributed by atoms with Gasteiger partial charge in [-0.05, 0) is 55.5 Å². The number of amides is 1. The summed E-state index contributed by atoms with van der Waals surface area (Å²) in [6.45, 7) is 7.87. The Bertz CT molecular complexity index is 718. The van der Waals surface area contributed by atoms with Crippen molar-refractivity contribution in [2.75, 3.05) is 26.2 Å². The largest absolute Gasteiger partial charge is 0.342 e. The minimum atomic E-state index is -3.59. The third-order valence-electron chi connectivity index (χ3n) is 4.82. The third kappa shape index (κ3) is 4.34. The lowest BCUT2D eigenvalue weighted by molar-refractivity contribution is -0.130. The van der Waals surface area contributed by atoms with Gasteiger partial charge in [0.05, 0.1) is 4.90 Å². The van der Waals surface area contributed by atoms with Crippen molar-refractivity contribution in [3.8, 4) is 0 Å². The van der Waals surface area contributed by atoms with Gasteiger partial charge in [-0.3, -0.25) is 4.79 Å². The van der Waals surface area contributed by atoms with Crippen LogP contribution in [0.4, 0.5) is 0 Å². The van der Waals surface area contributed by atoms with Crippen molar-refractivity contribution in [2.45, 2.75) is 38.5 Å². The highest BCUT2D eigenvalue weighted by atomic mass is 32.2. The minimum Gasteiger partial charge on any atom is -0.342 e.